The SMILES string of the molecule is CN(CCCn1ccnc1)c1cc(C(F)(F)F)nc2ncnn12. The van der Waals surface area contributed by atoms with E-state index in [9.17, 15) is 13.2 Å². The first-order chi connectivity index (χ1) is 10.9. The number of fused-ring (bicyclic) bond motifs is 1. The molecule has 7 nitrogen and oxygen atoms in total. The number of aryl methyl sites for hydroxylation is 1. The van der Waals surface area contributed by atoms with Crippen LogP contribution in [-0.2, 0) is 12.7 Å². The third-order valence-electron chi connectivity index (χ3n) is 3.38. The van der Waals surface area contributed by atoms with Crippen LogP contribution < -0.4 is 4.90 Å². The Balaban J connectivity index is 1.81. The van der Waals surface area contributed by atoms with Crippen molar-refractivity contribution in [2.75, 3.05) is 18.5 Å². The van der Waals surface area contributed by atoms with Crippen molar-refractivity contribution in [3.05, 3.63) is 36.8 Å². The van der Waals surface area contributed by atoms with Crippen molar-refractivity contribution < 1.29 is 13.2 Å². The van der Waals surface area contributed by atoms with Gasteiger partial charge in [0.1, 0.15) is 12.1 Å². The summed E-state index contributed by atoms with van der Waals surface area (Å²) in [7, 11) is 1.71. The largest absolute Gasteiger partial charge is 0.433 e. The van der Waals surface area contributed by atoms with E-state index in [-0.39, 0.29) is 5.78 Å². The molecule has 0 aliphatic rings. The van der Waals surface area contributed by atoms with Gasteiger partial charge in [0, 0.05) is 38.6 Å². The normalized spacial score (nSPS) is 12.0. The highest BCUT2D eigenvalue weighted by Crippen LogP contribution is 2.30. The highest BCUT2D eigenvalue weighted by atomic mass is 19.4. The fourth-order valence-corrected chi connectivity index (χ4v) is 2.24. The van der Waals surface area contributed by atoms with Gasteiger partial charge < -0.3 is 9.47 Å². The van der Waals surface area contributed by atoms with Crippen molar-refractivity contribution >= 4 is 11.6 Å². The molecule has 0 saturated carbocycles. The molecule has 0 N–H and O–H groups in total. The van der Waals surface area contributed by atoms with Crippen molar-refractivity contribution in [1.29, 1.82) is 0 Å². The Bertz CT molecular complexity index is 779. The highest BCUT2D eigenvalue weighted by Gasteiger charge is 2.34. The predicted molar refractivity (Wildman–Crippen MR) is 75.9 cm³/mol. The average molecular weight is 325 g/mol. The van der Waals surface area contributed by atoms with Gasteiger partial charge in [-0.25, -0.2) is 9.97 Å². The van der Waals surface area contributed by atoms with Crippen LogP contribution in [0, 0.1) is 0 Å². The molecule has 0 atom stereocenters. The second-order valence-electron chi connectivity index (χ2n) is 5.04. The summed E-state index contributed by atoms with van der Waals surface area (Å²) < 4.78 is 42.1. The zero-order valence-electron chi connectivity index (χ0n) is 12.3. The summed E-state index contributed by atoms with van der Waals surface area (Å²) in [5.74, 6) is 0.224. The summed E-state index contributed by atoms with van der Waals surface area (Å²) >= 11 is 0. The van der Waals surface area contributed by atoms with E-state index < -0.39 is 11.9 Å². The Labute approximate surface area is 129 Å². The summed E-state index contributed by atoms with van der Waals surface area (Å²) in [6.45, 7) is 1.27. The molecule has 3 rings (SSSR count). The van der Waals surface area contributed by atoms with Gasteiger partial charge in [-0.2, -0.15) is 27.8 Å². The Morgan fingerprint density at radius 2 is 2.13 bits per heavy atom. The van der Waals surface area contributed by atoms with Gasteiger partial charge in [0.05, 0.1) is 6.33 Å². The molecule has 0 bridgehead atoms. The second-order valence-corrected chi connectivity index (χ2v) is 5.04. The van der Waals surface area contributed by atoms with Crippen molar-refractivity contribution in [2.24, 2.45) is 0 Å². The Kier molecular flexibility index (Phi) is 3.89. The summed E-state index contributed by atoms with van der Waals surface area (Å²) in [5, 5.41) is 3.94. The third kappa shape index (κ3) is 3.25. The Hall–Kier alpha value is -2.65. The Morgan fingerprint density at radius 3 is 2.83 bits per heavy atom. The van der Waals surface area contributed by atoms with Gasteiger partial charge in [-0.05, 0) is 6.42 Å². The number of hydrogen-bond donors (Lipinski definition) is 0. The van der Waals surface area contributed by atoms with Crippen LogP contribution in [0.4, 0.5) is 19.0 Å². The van der Waals surface area contributed by atoms with E-state index in [4.69, 9.17) is 0 Å². The third-order valence-corrected chi connectivity index (χ3v) is 3.38. The van der Waals surface area contributed by atoms with E-state index >= 15 is 0 Å². The molecular weight excluding hydrogens is 311 g/mol. The molecule has 0 aliphatic carbocycles. The maximum atomic E-state index is 13.0. The number of rotatable bonds is 5. The van der Waals surface area contributed by atoms with Crippen LogP contribution in [-0.4, -0.2) is 42.7 Å². The minimum absolute atomic E-state index is 0.0729. The monoisotopic (exact) mass is 325 g/mol. The summed E-state index contributed by atoms with van der Waals surface area (Å²) in [5.41, 5.74) is -0.977. The van der Waals surface area contributed by atoms with E-state index in [1.165, 1.54) is 10.8 Å². The zero-order valence-corrected chi connectivity index (χ0v) is 12.3. The average Bonchev–Trinajstić information content (AvgIpc) is 3.15. The molecule has 0 aliphatic heterocycles. The lowest BCUT2D eigenvalue weighted by molar-refractivity contribution is -0.141. The maximum Gasteiger partial charge on any atom is 0.433 e. The van der Waals surface area contributed by atoms with Crippen LogP contribution in [0.3, 0.4) is 0 Å². The number of nitrogens with zero attached hydrogens (tertiary/aromatic N) is 7. The van der Waals surface area contributed by atoms with Gasteiger partial charge in [0.2, 0.25) is 0 Å². The van der Waals surface area contributed by atoms with Gasteiger partial charge in [-0.1, -0.05) is 0 Å². The molecular formula is C13H14F3N7. The minimum atomic E-state index is -4.53. The van der Waals surface area contributed by atoms with Gasteiger partial charge in [0.15, 0.2) is 5.69 Å². The lowest BCUT2D eigenvalue weighted by atomic mass is 10.3. The van der Waals surface area contributed by atoms with Crippen molar-refractivity contribution in [2.45, 2.75) is 19.1 Å². The molecule has 0 fully saturated rings. The summed E-state index contributed by atoms with van der Waals surface area (Å²) in [6.07, 6.45) is 2.62. The highest BCUT2D eigenvalue weighted by molar-refractivity contribution is 5.47. The van der Waals surface area contributed by atoms with Crippen molar-refractivity contribution in [1.82, 2.24) is 29.1 Å². The minimum Gasteiger partial charge on any atom is -0.359 e. The maximum absolute atomic E-state index is 13.0. The lowest BCUT2D eigenvalue weighted by Crippen LogP contribution is -2.24. The topological polar surface area (TPSA) is 64.1 Å². The first-order valence-electron chi connectivity index (χ1n) is 6.90. The molecule has 10 heteroatoms. The Morgan fingerprint density at radius 1 is 1.30 bits per heavy atom. The molecule has 3 aromatic heterocycles. The molecule has 122 valence electrons. The quantitative estimate of drug-likeness (QED) is 0.716. The second kappa shape index (κ2) is 5.86. The van der Waals surface area contributed by atoms with Crippen LogP contribution in [0.1, 0.15) is 12.1 Å². The van der Waals surface area contributed by atoms with Gasteiger partial charge in [-0.3, -0.25) is 0 Å². The molecule has 0 amide bonds. The van der Waals surface area contributed by atoms with Crippen molar-refractivity contribution in [3.63, 3.8) is 0 Å². The number of alkyl halides is 3. The van der Waals surface area contributed by atoms with Gasteiger partial charge in [0.25, 0.3) is 5.78 Å². The zero-order chi connectivity index (χ0) is 16.4. The molecule has 23 heavy (non-hydrogen) atoms. The van der Waals surface area contributed by atoms with Gasteiger partial charge in [-0.15, -0.1) is 0 Å². The number of aromatic nitrogens is 6. The smallest absolute Gasteiger partial charge is 0.359 e. The van der Waals surface area contributed by atoms with E-state index in [1.54, 1.807) is 24.5 Å². The number of hydrogen-bond acceptors (Lipinski definition) is 5. The fraction of sp³-hybridized carbons (Fsp3) is 0.385. The number of anilines is 1. The molecule has 3 heterocycles. The van der Waals surface area contributed by atoms with Gasteiger partial charge >= 0.3 is 6.18 Å². The molecule has 0 saturated heterocycles. The molecule has 0 unspecified atom stereocenters. The molecule has 0 radical (unpaired) electrons. The fourth-order valence-electron chi connectivity index (χ4n) is 2.24. The van der Waals surface area contributed by atoms with E-state index in [1.807, 2.05) is 10.8 Å². The first-order valence-corrected chi connectivity index (χ1v) is 6.90. The van der Waals surface area contributed by atoms with Crippen LogP contribution in [0.2, 0.25) is 0 Å². The summed E-state index contributed by atoms with van der Waals surface area (Å²) in [6, 6.07) is 0.985. The number of halogens is 3. The standard InChI is InChI=1S/C13H14F3N7/c1-21(4-2-5-22-6-3-17-9-22)11-7-10(13(14,15)16)20-12-18-8-19-23(11)12/h3,6-9H,2,4-5H2,1H3. The van der Waals surface area contributed by atoms with E-state index in [2.05, 4.69) is 20.1 Å². The van der Waals surface area contributed by atoms with Crippen LogP contribution in [0.25, 0.3) is 5.78 Å². The predicted octanol–water partition coefficient (Wildman–Crippen LogP) is 1.87. The van der Waals surface area contributed by atoms with E-state index in [0.29, 0.717) is 12.4 Å². The number of imidazole rings is 1. The summed E-state index contributed by atoms with van der Waals surface area (Å²) in [4.78, 5) is 12.9. The molecule has 0 aromatic carbocycles. The molecule has 0 spiro atoms. The lowest BCUT2D eigenvalue weighted by Gasteiger charge is -2.20. The van der Waals surface area contributed by atoms with Crippen LogP contribution >= 0.6 is 0 Å². The van der Waals surface area contributed by atoms with Crippen LogP contribution in [0.5, 0.6) is 0 Å². The van der Waals surface area contributed by atoms with Crippen LogP contribution in [0.15, 0.2) is 31.1 Å². The molecule has 3 aromatic rings. The van der Waals surface area contributed by atoms with E-state index in [0.717, 1.165) is 19.0 Å². The first kappa shape index (κ1) is 15.3. The van der Waals surface area contributed by atoms with Crippen molar-refractivity contribution in [3.8, 4) is 0 Å².